The molecule has 3 saturated heterocycles. The molecule has 4 heteroatoms. The summed E-state index contributed by atoms with van der Waals surface area (Å²) in [5.74, 6) is 0.914. The number of hydrogen-bond donors (Lipinski definition) is 1. The average molecular weight is 253 g/mol. The summed E-state index contributed by atoms with van der Waals surface area (Å²) in [7, 11) is 0. The molecular formula is C14H27N3O. The molecule has 0 aromatic rings. The molecule has 3 heterocycles. The molecule has 18 heavy (non-hydrogen) atoms. The van der Waals surface area contributed by atoms with Crippen LogP contribution in [0.25, 0.3) is 0 Å². The van der Waals surface area contributed by atoms with Crippen LogP contribution in [0.1, 0.15) is 19.3 Å². The van der Waals surface area contributed by atoms with Crippen LogP contribution in [0.3, 0.4) is 0 Å². The molecular weight excluding hydrogens is 226 g/mol. The summed E-state index contributed by atoms with van der Waals surface area (Å²) in [6.07, 6.45) is 4.16. The first-order valence-electron chi connectivity index (χ1n) is 7.68. The van der Waals surface area contributed by atoms with Crippen LogP contribution >= 0.6 is 0 Å². The van der Waals surface area contributed by atoms with Crippen LogP contribution in [0.2, 0.25) is 0 Å². The van der Waals surface area contributed by atoms with Crippen molar-refractivity contribution in [1.82, 2.24) is 15.1 Å². The monoisotopic (exact) mass is 253 g/mol. The van der Waals surface area contributed by atoms with Crippen LogP contribution in [0, 0.1) is 5.92 Å². The predicted molar refractivity (Wildman–Crippen MR) is 72.8 cm³/mol. The van der Waals surface area contributed by atoms with E-state index in [4.69, 9.17) is 4.74 Å². The van der Waals surface area contributed by atoms with Crippen LogP contribution in [0.15, 0.2) is 0 Å². The maximum Gasteiger partial charge on any atom is 0.0594 e. The van der Waals surface area contributed by atoms with Gasteiger partial charge in [-0.05, 0) is 38.3 Å². The van der Waals surface area contributed by atoms with Gasteiger partial charge in [0.25, 0.3) is 0 Å². The Bertz CT molecular complexity index is 255. The number of likely N-dealkylation sites (tertiary alicyclic amines) is 1. The molecule has 104 valence electrons. The third kappa shape index (κ3) is 3.23. The number of fused-ring (bicyclic) bond motifs is 1. The van der Waals surface area contributed by atoms with Gasteiger partial charge in [-0.25, -0.2) is 0 Å². The van der Waals surface area contributed by atoms with Crippen LogP contribution < -0.4 is 5.32 Å². The number of piperidine rings is 2. The van der Waals surface area contributed by atoms with Gasteiger partial charge in [0.1, 0.15) is 0 Å². The fraction of sp³-hybridized carbons (Fsp3) is 1.00. The van der Waals surface area contributed by atoms with Crippen molar-refractivity contribution in [3.05, 3.63) is 0 Å². The Morgan fingerprint density at radius 2 is 1.83 bits per heavy atom. The molecule has 0 amide bonds. The van der Waals surface area contributed by atoms with Crippen LogP contribution in [0.5, 0.6) is 0 Å². The number of morpholine rings is 1. The molecule has 3 aliphatic heterocycles. The largest absolute Gasteiger partial charge is 0.379 e. The second kappa shape index (κ2) is 6.33. The molecule has 1 N–H and O–H groups in total. The molecule has 2 atom stereocenters. The van der Waals surface area contributed by atoms with E-state index in [2.05, 4.69) is 15.1 Å². The number of nitrogens with zero attached hydrogens (tertiary/aromatic N) is 2. The molecule has 0 spiro atoms. The summed E-state index contributed by atoms with van der Waals surface area (Å²) in [6.45, 7) is 10.4. The lowest BCUT2D eigenvalue weighted by Gasteiger charge is -2.42. The van der Waals surface area contributed by atoms with Crippen molar-refractivity contribution in [2.75, 3.05) is 59.0 Å². The number of rotatable bonds is 3. The van der Waals surface area contributed by atoms with Gasteiger partial charge < -0.3 is 15.0 Å². The molecule has 3 fully saturated rings. The lowest BCUT2D eigenvalue weighted by molar-refractivity contribution is 0.0283. The van der Waals surface area contributed by atoms with Crippen LogP contribution in [-0.2, 0) is 4.74 Å². The Morgan fingerprint density at radius 1 is 1.00 bits per heavy atom. The van der Waals surface area contributed by atoms with E-state index >= 15 is 0 Å². The lowest BCUT2D eigenvalue weighted by Crippen LogP contribution is -2.53. The zero-order valence-corrected chi connectivity index (χ0v) is 11.4. The summed E-state index contributed by atoms with van der Waals surface area (Å²) in [5, 5.41) is 3.69. The van der Waals surface area contributed by atoms with Crippen LogP contribution in [-0.4, -0.2) is 74.9 Å². The summed E-state index contributed by atoms with van der Waals surface area (Å²) >= 11 is 0. The van der Waals surface area contributed by atoms with Gasteiger partial charge in [0.05, 0.1) is 13.2 Å². The Labute approximate surface area is 111 Å². The van der Waals surface area contributed by atoms with Crippen molar-refractivity contribution >= 4 is 0 Å². The second-order valence-corrected chi connectivity index (χ2v) is 6.01. The van der Waals surface area contributed by atoms with Gasteiger partial charge >= 0.3 is 0 Å². The number of nitrogens with one attached hydrogen (secondary N) is 1. The van der Waals surface area contributed by atoms with E-state index in [-0.39, 0.29) is 0 Å². The Morgan fingerprint density at radius 3 is 2.72 bits per heavy atom. The van der Waals surface area contributed by atoms with E-state index in [0.29, 0.717) is 0 Å². The molecule has 0 aromatic carbocycles. The zero-order chi connectivity index (χ0) is 12.2. The molecule has 0 aliphatic carbocycles. The van der Waals surface area contributed by atoms with E-state index in [1.807, 2.05) is 0 Å². The summed E-state index contributed by atoms with van der Waals surface area (Å²) in [5.41, 5.74) is 0. The molecule has 0 saturated carbocycles. The topological polar surface area (TPSA) is 27.7 Å². The minimum atomic E-state index is 0.818. The highest BCUT2D eigenvalue weighted by Crippen LogP contribution is 2.24. The average Bonchev–Trinajstić information content (AvgIpc) is 2.46. The summed E-state index contributed by atoms with van der Waals surface area (Å²) in [6, 6.07) is 0.818. The van der Waals surface area contributed by atoms with Gasteiger partial charge in [0, 0.05) is 38.8 Å². The molecule has 0 aromatic heterocycles. The molecule has 4 nitrogen and oxygen atoms in total. The zero-order valence-electron chi connectivity index (χ0n) is 11.4. The minimum Gasteiger partial charge on any atom is -0.379 e. The highest BCUT2D eigenvalue weighted by atomic mass is 16.5. The van der Waals surface area contributed by atoms with Gasteiger partial charge in [-0.2, -0.15) is 0 Å². The smallest absolute Gasteiger partial charge is 0.0594 e. The maximum atomic E-state index is 5.40. The highest BCUT2D eigenvalue weighted by molar-refractivity contribution is 4.88. The standard InChI is InChI=1S/C14H27N3O/c1-2-13-12-17(5-3-14(13)15-4-1)7-6-16-8-10-18-11-9-16/h13-15H,1-12H2. The molecule has 3 aliphatic rings. The van der Waals surface area contributed by atoms with E-state index in [1.165, 1.54) is 52.0 Å². The Kier molecular flexibility index (Phi) is 4.52. The van der Waals surface area contributed by atoms with Gasteiger partial charge in [0.15, 0.2) is 0 Å². The first-order chi connectivity index (χ1) is 8.92. The highest BCUT2D eigenvalue weighted by Gasteiger charge is 2.30. The third-order valence-electron chi connectivity index (χ3n) is 4.81. The van der Waals surface area contributed by atoms with Crippen molar-refractivity contribution in [3.63, 3.8) is 0 Å². The van der Waals surface area contributed by atoms with E-state index in [1.54, 1.807) is 0 Å². The fourth-order valence-electron chi connectivity index (χ4n) is 3.63. The Hall–Kier alpha value is -0.160. The van der Waals surface area contributed by atoms with Crippen LogP contribution in [0.4, 0.5) is 0 Å². The predicted octanol–water partition coefficient (Wildman–Crippen LogP) is 0.393. The van der Waals surface area contributed by atoms with Gasteiger partial charge in [-0.3, -0.25) is 4.90 Å². The maximum absolute atomic E-state index is 5.40. The van der Waals surface area contributed by atoms with Crippen molar-refractivity contribution in [1.29, 1.82) is 0 Å². The van der Waals surface area contributed by atoms with Crippen molar-refractivity contribution < 1.29 is 4.74 Å². The quantitative estimate of drug-likeness (QED) is 0.787. The van der Waals surface area contributed by atoms with E-state index in [0.717, 1.165) is 38.3 Å². The minimum absolute atomic E-state index is 0.818. The van der Waals surface area contributed by atoms with Gasteiger partial charge in [-0.1, -0.05) is 0 Å². The van der Waals surface area contributed by atoms with E-state index in [9.17, 15) is 0 Å². The SMILES string of the molecule is C1CNC2CCN(CCN3CCOCC3)CC2C1. The second-order valence-electron chi connectivity index (χ2n) is 6.01. The number of ether oxygens (including phenoxy) is 1. The fourth-order valence-corrected chi connectivity index (χ4v) is 3.63. The van der Waals surface area contributed by atoms with Crippen molar-refractivity contribution in [2.45, 2.75) is 25.3 Å². The van der Waals surface area contributed by atoms with Gasteiger partial charge in [-0.15, -0.1) is 0 Å². The normalized spacial score (nSPS) is 35.3. The first-order valence-corrected chi connectivity index (χ1v) is 7.68. The van der Waals surface area contributed by atoms with Gasteiger partial charge in [0.2, 0.25) is 0 Å². The molecule has 2 unspecified atom stereocenters. The van der Waals surface area contributed by atoms with Crippen molar-refractivity contribution in [3.8, 4) is 0 Å². The lowest BCUT2D eigenvalue weighted by atomic mass is 9.85. The third-order valence-corrected chi connectivity index (χ3v) is 4.81. The molecule has 3 rings (SSSR count). The first kappa shape index (κ1) is 12.9. The number of hydrogen-bond acceptors (Lipinski definition) is 4. The van der Waals surface area contributed by atoms with E-state index < -0.39 is 0 Å². The van der Waals surface area contributed by atoms with Crippen molar-refractivity contribution in [2.24, 2.45) is 5.92 Å². The summed E-state index contributed by atoms with van der Waals surface area (Å²) < 4.78 is 5.40. The molecule has 0 bridgehead atoms. The Balaban J connectivity index is 1.40. The molecule has 0 radical (unpaired) electrons. The summed E-state index contributed by atoms with van der Waals surface area (Å²) in [4.78, 5) is 5.23.